The summed E-state index contributed by atoms with van der Waals surface area (Å²) in [5.74, 6) is 0.720. The summed E-state index contributed by atoms with van der Waals surface area (Å²) in [4.78, 5) is 0. The second-order valence-corrected chi connectivity index (χ2v) is 7.20. The van der Waals surface area contributed by atoms with Gasteiger partial charge in [0.15, 0.2) is 0 Å². The molecule has 0 aliphatic heterocycles. The van der Waals surface area contributed by atoms with Gasteiger partial charge in [-0.05, 0) is 13.3 Å². The van der Waals surface area contributed by atoms with E-state index in [1.165, 1.54) is 0 Å². The summed E-state index contributed by atoms with van der Waals surface area (Å²) in [6.07, 6.45) is 1.83. The van der Waals surface area contributed by atoms with Crippen molar-refractivity contribution < 1.29 is 12.6 Å². The highest BCUT2D eigenvalue weighted by molar-refractivity contribution is 7.92. The van der Waals surface area contributed by atoms with Crippen molar-refractivity contribution in [3.8, 4) is 0 Å². The number of hydrogen-bond acceptors (Lipinski definition) is 4. The van der Waals surface area contributed by atoms with Crippen LogP contribution in [0.4, 0.5) is 0 Å². The summed E-state index contributed by atoms with van der Waals surface area (Å²) in [7, 11) is -4.03. The van der Waals surface area contributed by atoms with Gasteiger partial charge in [-0.1, -0.05) is 0 Å². The average Bonchev–Trinajstić information content (AvgIpc) is 1.95. The van der Waals surface area contributed by atoms with Crippen LogP contribution < -0.4 is 5.73 Å². The normalized spacial score (nSPS) is 16.8. The Hall–Kier alpha value is 0.0600. The van der Waals surface area contributed by atoms with Crippen molar-refractivity contribution >= 4 is 20.6 Å². The van der Waals surface area contributed by atoms with Crippen LogP contribution in [0.1, 0.15) is 13.3 Å². The fraction of sp³-hybridized carbons (Fsp3) is 1.00. The van der Waals surface area contributed by atoms with Gasteiger partial charge in [0.1, 0.15) is 9.84 Å². The zero-order chi connectivity index (χ0) is 10.5. The summed E-state index contributed by atoms with van der Waals surface area (Å²) in [5.41, 5.74) is 5.47. The Labute approximate surface area is 82.3 Å². The first-order chi connectivity index (χ1) is 5.81. The molecule has 2 unspecified atom stereocenters. The predicted molar refractivity (Wildman–Crippen MR) is 55.9 cm³/mol. The molecule has 0 amide bonds. The summed E-state index contributed by atoms with van der Waals surface area (Å²) in [6.45, 7) is 1.84. The summed E-state index contributed by atoms with van der Waals surface area (Å²) in [5, 5.41) is 0. The number of rotatable bonds is 6. The molecule has 0 saturated heterocycles. The number of hydrogen-bond donors (Lipinski definition) is 1. The van der Waals surface area contributed by atoms with E-state index in [-0.39, 0.29) is 17.5 Å². The van der Waals surface area contributed by atoms with E-state index in [0.29, 0.717) is 12.2 Å². The Bertz CT molecular complexity index is 259. The maximum absolute atomic E-state index is 11.2. The average molecular weight is 227 g/mol. The third kappa shape index (κ3) is 9.98. The van der Waals surface area contributed by atoms with Crippen LogP contribution in [0, 0.1) is 0 Å². The molecule has 0 aromatic heterocycles. The minimum Gasteiger partial charge on any atom is -0.328 e. The molecule has 0 aliphatic carbocycles. The fourth-order valence-corrected chi connectivity index (χ4v) is 3.46. The van der Waals surface area contributed by atoms with E-state index in [2.05, 4.69) is 0 Å². The van der Waals surface area contributed by atoms with Crippen LogP contribution in [0.15, 0.2) is 0 Å². The van der Waals surface area contributed by atoms with Gasteiger partial charge in [-0.15, -0.1) is 0 Å². The van der Waals surface area contributed by atoms with E-state index < -0.39 is 20.6 Å². The molecule has 0 spiro atoms. The molecule has 2 atom stereocenters. The SMILES string of the molecule is CC(N)CCS(=O)CCS(C)(=O)=O. The third-order valence-electron chi connectivity index (χ3n) is 1.48. The lowest BCUT2D eigenvalue weighted by molar-refractivity contribution is 0.602. The molecule has 0 radical (unpaired) electrons. The van der Waals surface area contributed by atoms with Crippen molar-refractivity contribution in [3.05, 3.63) is 0 Å². The van der Waals surface area contributed by atoms with E-state index in [9.17, 15) is 12.6 Å². The first kappa shape index (κ1) is 13.1. The van der Waals surface area contributed by atoms with Crippen LogP contribution in [-0.4, -0.2) is 42.2 Å². The molecule has 13 heavy (non-hydrogen) atoms. The fourth-order valence-electron chi connectivity index (χ4n) is 0.664. The lowest BCUT2D eigenvalue weighted by Crippen LogP contribution is -2.20. The quantitative estimate of drug-likeness (QED) is 0.664. The van der Waals surface area contributed by atoms with Crippen LogP contribution in [0.5, 0.6) is 0 Å². The van der Waals surface area contributed by atoms with Gasteiger partial charge in [-0.25, -0.2) is 8.42 Å². The molecule has 4 nitrogen and oxygen atoms in total. The van der Waals surface area contributed by atoms with Crippen LogP contribution >= 0.6 is 0 Å². The van der Waals surface area contributed by atoms with E-state index in [0.717, 1.165) is 6.26 Å². The van der Waals surface area contributed by atoms with Crippen molar-refractivity contribution in [3.63, 3.8) is 0 Å². The van der Waals surface area contributed by atoms with Gasteiger partial charge in [0.05, 0.1) is 5.75 Å². The lowest BCUT2D eigenvalue weighted by atomic mass is 10.3. The van der Waals surface area contributed by atoms with Crippen LogP contribution in [0.25, 0.3) is 0 Å². The van der Waals surface area contributed by atoms with Crippen molar-refractivity contribution in [1.29, 1.82) is 0 Å². The van der Waals surface area contributed by atoms with Gasteiger partial charge in [0, 0.05) is 34.6 Å². The van der Waals surface area contributed by atoms with E-state index in [1.807, 2.05) is 6.92 Å². The Balaban J connectivity index is 3.65. The third-order valence-corrected chi connectivity index (χ3v) is 4.04. The maximum Gasteiger partial charge on any atom is 0.148 e. The molecule has 6 heteroatoms. The first-order valence-corrected chi connectivity index (χ1v) is 7.64. The van der Waals surface area contributed by atoms with E-state index in [4.69, 9.17) is 5.73 Å². The van der Waals surface area contributed by atoms with E-state index in [1.54, 1.807) is 0 Å². The Morgan fingerprint density at radius 1 is 1.38 bits per heavy atom. The smallest absolute Gasteiger partial charge is 0.148 e. The molecule has 0 aromatic rings. The summed E-state index contributed by atoms with van der Waals surface area (Å²) in [6, 6.07) is 0.0298. The van der Waals surface area contributed by atoms with Gasteiger partial charge in [0.25, 0.3) is 0 Å². The topological polar surface area (TPSA) is 77.2 Å². The second kappa shape index (κ2) is 5.72. The molecule has 0 fully saturated rings. The van der Waals surface area contributed by atoms with Crippen LogP contribution in [-0.2, 0) is 20.6 Å². The predicted octanol–water partition coefficient (Wildman–Crippen LogP) is -0.483. The Kier molecular flexibility index (Phi) is 5.75. The zero-order valence-electron chi connectivity index (χ0n) is 8.02. The highest BCUT2D eigenvalue weighted by Gasteiger charge is 2.07. The van der Waals surface area contributed by atoms with Gasteiger partial charge < -0.3 is 5.73 Å². The lowest BCUT2D eigenvalue weighted by Gasteiger charge is -2.04. The molecule has 80 valence electrons. The van der Waals surface area contributed by atoms with Gasteiger partial charge in [-0.2, -0.15) is 0 Å². The standard InChI is InChI=1S/C7H17NO3S2/c1-7(8)3-4-12(9)5-6-13(2,10)11/h7H,3-6,8H2,1-2H3. The molecule has 0 aromatic carbocycles. The van der Waals surface area contributed by atoms with Gasteiger partial charge >= 0.3 is 0 Å². The van der Waals surface area contributed by atoms with Crippen molar-refractivity contribution in [2.75, 3.05) is 23.5 Å². The molecular weight excluding hydrogens is 210 g/mol. The highest BCUT2D eigenvalue weighted by Crippen LogP contribution is 1.93. The molecule has 0 heterocycles. The second-order valence-electron chi connectivity index (χ2n) is 3.24. The monoisotopic (exact) mass is 227 g/mol. The molecule has 2 N–H and O–H groups in total. The summed E-state index contributed by atoms with van der Waals surface area (Å²) >= 11 is 0. The molecule has 0 saturated carbocycles. The van der Waals surface area contributed by atoms with Crippen LogP contribution in [0.2, 0.25) is 0 Å². The van der Waals surface area contributed by atoms with Crippen LogP contribution in [0.3, 0.4) is 0 Å². The molecule has 0 rings (SSSR count). The molecule has 0 aliphatic rings. The van der Waals surface area contributed by atoms with E-state index >= 15 is 0 Å². The van der Waals surface area contributed by atoms with Crippen molar-refractivity contribution in [2.45, 2.75) is 19.4 Å². The van der Waals surface area contributed by atoms with Gasteiger partial charge in [-0.3, -0.25) is 4.21 Å². The zero-order valence-corrected chi connectivity index (χ0v) is 9.66. The first-order valence-electron chi connectivity index (χ1n) is 4.09. The highest BCUT2D eigenvalue weighted by atomic mass is 32.2. The summed E-state index contributed by atoms with van der Waals surface area (Å²) < 4.78 is 32.6. The Morgan fingerprint density at radius 3 is 2.31 bits per heavy atom. The van der Waals surface area contributed by atoms with Gasteiger partial charge in [0.2, 0.25) is 0 Å². The number of sulfone groups is 1. The number of nitrogens with two attached hydrogens (primary N) is 1. The van der Waals surface area contributed by atoms with Crippen molar-refractivity contribution in [1.82, 2.24) is 0 Å². The minimum atomic E-state index is -2.98. The molecular formula is C7H17NO3S2. The minimum absolute atomic E-state index is 0.00143. The maximum atomic E-state index is 11.2. The molecule has 0 bridgehead atoms. The van der Waals surface area contributed by atoms with Crippen molar-refractivity contribution in [2.24, 2.45) is 5.73 Å². The largest absolute Gasteiger partial charge is 0.328 e. The Morgan fingerprint density at radius 2 is 1.92 bits per heavy atom.